The van der Waals surface area contributed by atoms with Gasteiger partial charge < -0.3 is 10.4 Å². The first kappa shape index (κ1) is 20.3. The first-order chi connectivity index (χ1) is 13.3. The molecule has 146 valence electrons. The number of hydrogen-bond acceptors (Lipinski definition) is 5. The molecule has 0 spiro atoms. The van der Waals surface area contributed by atoms with Crippen LogP contribution >= 0.6 is 23.2 Å². The molecule has 0 atom stereocenters. The molecule has 0 bridgehead atoms. The van der Waals surface area contributed by atoms with Crippen molar-refractivity contribution in [3.05, 3.63) is 63.7 Å². The van der Waals surface area contributed by atoms with Crippen LogP contribution in [0.1, 0.15) is 16.7 Å². The van der Waals surface area contributed by atoms with E-state index in [0.717, 1.165) is 6.07 Å². The van der Waals surface area contributed by atoms with Crippen LogP contribution in [0.2, 0.25) is 10.4 Å². The molecule has 5 nitrogen and oxygen atoms in total. The van der Waals surface area contributed by atoms with Crippen molar-refractivity contribution in [3.63, 3.8) is 0 Å². The molecular weight excluding hydrogens is 416 g/mol. The molecule has 2 aromatic heterocycles. The number of pyridine rings is 1. The summed E-state index contributed by atoms with van der Waals surface area (Å²) in [5.74, 6) is 0.314. The summed E-state index contributed by atoms with van der Waals surface area (Å²) in [5.41, 5.74) is -0.0334. The van der Waals surface area contributed by atoms with Gasteiger partial charge in [0.05, 0.1) is 23.9 Å². The zero-order valence-corrected chi connectivity index (χ0v) is 15.6. The molecule has 0 saturated carbocycles. The highest BCUT2D eigenvalue weighted by atomic mass is 35.5. The standard InChI is InChI=1S/C18H13Cl2F3N4O/c19-15-7-12-14(9-24-15)26-17(20)27-16(12)25-8-10-3-1-5-13(18(21,22)23)11(10)4-2-6-28/h1-5,7,9,28H,6,8H2,(H,25,26,27)/b4-2-. The van der Waals surface area contributed by atoms with Crippen LogP contribution in [0.4, 0.5) is 19.0 Å². The van der Waals surface area contributed by atoms with E-state index in [1.807, 2.05) is 0 Å². The number of nitrogens with one attached hydrogen (secondary N) is 1. The van der Waals surface area contributed by atoms with Gasteiger partial charge in [-0.1, -0.05) is 35.9 Å². The van der Waals surface area contributed by atoms with Crippen molar-refractivity contribution < 1.29 is 18.3 Å². The monoisotopic (exact) mass is 428 g/mol. The van der Waals surface area contributed by atoms with E-state index in [-0.39, 0.29) is 29.2 Å². The zero-order valence-electron chi connectivity index (χ0n) is 14.1. The maximum absolute atomic E-state index is 13.3. The maximum Gasteiger partial charge on any atom is 0.416 e. The van der Waals surface area contributed by atoms with E-state index in [9.17, 15) is 13.2 Å². The molecule has 28 heavy (non-hydrogen) atoms. The van der Waals surface area contributed by atoms with Gasteiger partial charge in [0.2, 0.25) is 5.28 Å². The summed E-state index contributed by atoms with van der Waals surface area (Å²) in [5, 5.41) is 12.7. The number of halogens is 5. The van der Waals surface area contributed by atoms with Gasteiger partial charge in [-0.25, -0.2) is 15.0 Å². The Morgan fingerprint density at radius 1 is 1.18 bits per heavy atom. The van der Waals surface area contributed by atoms with E-state index in [2.05, 4.69) is 20.3 Å². The lowest BCUT2D eigenvalue weighted by Gasteiger charge is -2.16. The fraction of sp³-hybridized carbons (Fsp3) is 0.167. The number of anilines is 1. The molecule has 2 N–H and O–H groups in total. The van der Waals surface area contributed by atoms with Gasteiger partial charge in [-0.2, -0.15) is 13.2 Å². The highest BCUT2D eigenvalue weighted by molar-refractivity contribution is 6.30. The van der Waals surface area contributed by atoms with Gasteiger partial charge >= 0.3 is 6.18 Å². The smallest absolute Gasteiger partial charge is 0.392 e. The van der Waals surface area contributed by atoms with Crippen LogP contribution < -0.4 is 5.32 Å². The van der Waals surface area contributed by atoms with Gasteiger partial charge in [-0.15, -0.1) is 0 Å². The van der Waals surface area contributed by atoms with Gasteiger partial charge in [0.1, 0.15) is 11.0 Å². The normalized spacial score (nSPS) is 12.1. The predicted octanol–water partition coefficient (Wildman–Crippen LogP) is 4.97. The van der Waals surface area contributed by atoms with Crippen LogP contribution in [0.3, 0.4) is 0 Å². The Bertz CT molecular complexity index is 1040. The first-order valence-electron chi connectivity index (χ1n) is 7.98. The van der Waals surface area contributed by atoms with E-state index >= 15 is 0 Å². The summed E-state index contributed by atoms with van der Waals surface area (Å²) in [4.78, 5) is 12.1. The third-order valence-electron chi connectivity index (χ3n) is 3.86. The van der Waals surface area contributed by atoms with Gasteiger partial charge in [-0.3, -0.25) is 0 Å². The minimum absolute atomic E-state index is 0.0252. The topological polar surface area (TPSA) is 70.9 Å². The first-order valence-corrected chi connectivity index (χ1v) is 8.74. The maximum atomic E-state index is 13.3. The second-order valence-corrected chi connectivity index (χ2v) is 6.41. The average molecular weight is 429 g/mol. The molecule has 1 aromatic carbocycles. The summed E-state index contributed by atoms with van der Waals surface area (Å²) in [7, 11) is 0. The minimum atomic E-state index is -4.53. The average Bonchev–Trinajstić information content (AvgIpc) is 2.64. The highest BCUT2D eigenvalue weighted by Gasteiger charge is 2.33. The summed E-state index contributed by atoms with van der Waals surface area (Å²) in [6, 6.07) is 5.40. The second-order valence-electron chi connectivity index (χ2n) is 5.68. The van der Waals surface area contributed by atoms with E-state index in [1.54, 1.807) is 6.07 Å². The second kappa shape index (κ2) is 8.30. The lowest BCUT2D eigenvalue weighted by Crippen LogP contribution is -2.11. The number of benzene rings is 1. The quantitative estimate of drug-likeness (QED) is 0.443. The predicted molar refractivity (Wildman–Crippen MR) is 102 cm³/mol. The minimum Gasteiger partial charge on any atom is -0.392 e. The van der Waals surface area contributed by atoms with Crippen LogP contribution in [0.5, 0.6) is 0 Å². The van der Waals surface area contributed by atoms with Crippen molar-refractivity contribution in [1.29, 1.82) is 0 Å². The van der Waals surface area contributed by atoms with E-state index in [0.29, 0.717) is 22.3 Å². The largest absolute Gasteiger partial charge is 0.416 e. The van der Waals surface area contributed by atoms with Crippen LogP contribution in [0.15, 0.2) is 36.5 Å². The van der Waals surface area contributed by atoms with Gasteiger partial charge in [-0.05, 0) is 34.9 Å². The number of rotatable bonds is 5. The highest BCUT2D eigenvalue weighted by Crippen LogP contribution is 2.34. The number of fused-ring (bicyclic) bond motifs is 1. The number of aromatic nitrogens is 3. The molecule has 0 aliphatic heterocycles. The molecule has 10 heteroatoms. The molecular formula is C18H13Cl2F3N4O. The lowest BCUT2D eigenvalue weighted by molar-refractivity contribution is -0.137. The van der Waals surface area contributed by atoms with Crippen molar-refractivity contribution in [2.45, 2.75) is 12.7 Å². The van der Waals surface area contributed by atoms with Crippen molar-refractivity contribution in [2.75, 3.05) is 11.9 Å². The molecule has 3 aromatic rings. The summed E-state index contributed by atoms with van der Waals surface area (Å²) < 4.78 is 40.0. The summed E-state index contributed by atoms with van der Waals surface area (Å²) in [6.45, 7) is -0.353. The number of aliphatic hydroxyl groups excluding tert-OH is 1. The molecule has 0 unspecified atom stereocenters. The molecule has 0 radical (unpaired) electrons. The fourth-order valence-electron chi connectivity index (χ4n) is 2.67. The van der Waals surface area contributed by atoms with Crippen LogP contribution in [-0.4, -0.2) is 26.7 Å². The van der Waals surface area contributed by atoms with Crippen molar-refractivity contribution in [1.82, 2.24) is 15.0 Å². The lowest BCUT2D eigenvalue weighted by atomic mass is 9.99. The van der Waals surface area contributed by atoms with E-state index < -0.39 is 11.7 Å². The Morgan fingerprint density at radius 2 is 1.96 bits per heavy atom. The molecule has 2 heterocycles. The van der Waals surface area contributed by atoms with Gasteiger partial charge in [0, 0.05) is 11.9 Å². The Balaban J connectivity index is 2.00. The molecule has 0 fully saturated rings. The van der Waals surface area contributed by atoms with Crippen molar-refractivity contribution >= 4 is 46.0 Å². The Morgan fingerprint density at radius 3 is 2.68 bits per heavy atom. The van der Waals surface area contributed by atoms with Gasteiger partial charge in [0.25, 0.3) is 0 Å². The number of alkyl halides is 3. The molecule has 0 aliphatic rings. The summed E-state index contributed by atoms with van der Waals surface area (Å²) in [6.07, 6.45) is -0.618. The number of hydrogen-bond donors (Lipinski definition) is 2. The molecule has 0 aliphatic carbocycles. The summed E-state index contributed by atoms with van der Waals surface area (Å²) >= 11 is 11.8. The van der Waals surface area contributed by atoms with E-state index in [4.69, 9.17) is 28.3 Å². The number of nitrogens with zero attached hydrogens (tertiary/aromatic N) is 3. The number of aliphatic hydroxyl groups is 1. The van der Waals surface area contributed by atoms with Crippen molar-refractivity contribution in [3.8, 4) is 0 Å². The third-order valence-corrected chi connectivity index (χ3v) is 4.24. The SMILES string of the molecule is OC/C=C\c1c(CNc2nc(Cl)nc3cnc(Cl)cc23)cccc1C(F)(F)F. The Labute approximate surface area is 167 Å². The fourth-order valence-corrected chi connectivity index (χ4v) is 3.01. The Hall–Kier alpha value is -2.42. The molecule has 0 amide bonds. The Kier molecular flexibility index (Phi) is 6.02. The van der Waals surface area contributed by atoms with Crippen LogP contribution in [-0.2, 0) is 12.7 Å². The molecule has 3 rings (SSSR count). The van der Waals surface area contributed by atoms with Crippen LogP contribution in [0, 0.1) is 0 Å². The van der Waals surface area contributed by atoms with Gasteiger partial charge in [0.15, 0.2) is 0 Å². The van der Waals surface area contributed by atoms with Crippen molar-refractivity contribution in [2.24, 2.45) is 0 Å². The zero-order chi connectivity index (χ0) is 20.3. The van der Waals surface area contributed by atoms with E-state index in [1.165, 1.54) is 30.5 Å². The third kappa shape index (κ3) is 4.52. The molecule has 0 saturated heterocycles. The van der Waals surface area contributed by atoms with Crippen LogP contribution in [0.25, 0.3) is 17.0 Å².